The molecule has 0 aromatic carbocycles. The van der Waals surface area contributed by atoms with E-state index in [2.05, 4.69) is 32.6 Å². The molecular formula is C11H23N. The van der Waals surface area contributed by atoms with Gasteiger partial charge in [0.15, 0.2) is 0 Å². The Balaban J connectivity index is 2.49. The predicted octanol–water partition coefficient (Wildman–Crippen LogP) is 2.76. The minimum absolute atomic E-state index is 0.835. The van der Waals surface area contributed by atoms with E-state index >= 15 is 0 Å². The molecule has 12 heavy (non-hydrogen) atoms. The molecule has 1 aliphatic rings. The third-order valence-corrected chi connectivity index (χ3v) is 3.48. The van der Waals surface area contributed by atoms with Gasteiger partial charge in [-0.15, -0.1) is 0 Å². The number of hydrogen-bond acceptors (Lipinski definition) is 1. The summed E-state index contributed by atoms with van der Waals surface area (Å²) in [5, 5.41) is 0. The van der Waals surface area contributed by atoms with E-state index in [4.69, 9.17) is 0 Å². The smallest absolute Gasteiger partial charge is 0.0124 e. The molecule has 1 fully saturated rings. The molecule has 0 amide bonds. The van der Waals surface area contributed by atoms with Gasteiger partial charge in [0, 0.05) is 6.04 Å². The maximum Gasteiger partial charge on any atom is 0.0124 e. The molecule has 1 nitrogen and oxygen atoms in total. The van der Waals surface area contributed by atoms with Crippen LogP contribution in [0.25, 0.3) is 0 Å². The van der Waals surface area contributed by atoms with Crippen molar-refractivity contribution in [3.63, 3.8) is 0 Å². The van der Waals surface area contributed by atoms with Gasteiger partial charge in [-0.1, -0.05) is 27.7 Å². The molecule has 0 bridgehead atoms. The first kappa shape index (κ1) is 10.0. The predicted molar refractivity (Wildman–Crippen MR) is 54.3 cm³/mol. The van der Waals surface area contributed by atoms with Gasteiger partial charge in [-0.05, 0) is 37.8 Å². The third-order valence-electron chi connectivity index (χ3n) is 3.48. The van der Waals surface area contributed by atoms with Gasteiger partial charge >= 0.3 is 0 Å². The van der Waals surface area contributed by atoms with Crippen molar-refractivity contribution in [2.75, 3.05) is 13.1 Å². The fourth-order valence-corrected chi connectivity index (χ4v) is 2.28. The van der Waals surface area contributed by atoms with Crippen LogP contribution in [-0.2, 0) is 0 Å². The lowest BCUT2D eigenvalue weighted by Gasteiger charge is -2.30. The van der Waals surface area contributed by atoms with Gasteiger partial charge in [-0.3, -0.25) is 0 Å². The van der Waals surface area contributed by atoms with Crippen molar-refractivity contribution in [3.8, 4) is 0 Å². The zero-order valence-corrected chi connectivity index (χ0v) is 9.01. The molecule has 0 saturated carbocycles. The van der Waals surface area contributed by atoms with Crippen molar-refractivity contribution in [3.05, 3.63) is 0 Å². The van der Waals surface area contributed by atoms with Crippen LogP contribution in [-0.4, -0.2) is 24.0 Å². The zero-order chi connectivity index (χ0) is 9.14. The molecule has 1 saturated heterocycles. The van der Waals surface area contributed by atoms with E-state index in [1.54, 1.807) is 0 Å². The average molecular weight is 169 g/mol. The van der Waals surface area contributed by atoms with Crippen LogP contribution in [0.15, 0.2) is 0 Å². The lowest BCUT2D eigenvalue weighted by Crippen LogP contribution is -2.36. The van der Waals surface area contributed by atoms with Crippen molar-refractivity contribution in [2.45, 2.75) is 46.6 Å². The van der Waals surface area contributed by atoms with E-state index in [-0.39, 0.29) is 0 Å². The summed E-state index contributed by atoms with van der Waals surface area (Å²) in [4.78, 5) is 2.64. The quantitative estimate of drug-likeness (QED) is 0.628. The van der Waals surface area contributed by atoms with Crippen molar-refractivity contribution in [1.29, 1.82) is 0 Å². The lowest BCUT2D eigenvalue weighted by atomic mass is 9.89. The summed E-state index contributed by atoms with van der Waals surface area (Å²) < 4.78 is 0. The second-order valence-corrected chi connectivity index (χ2v) is 4.44. The molecule has 2 unspecified atom stereocenters. The van der Waals surface area contributed by atoms with Crippen molar-refractivity contribution < 1.29 is 0 Å². The standard InChI is InChI=1S/C11H23N/c1-5-12-8-6-7-11(12)10(4)9(2)3/h9-11H,5-8H2,1-4H3. The van der Waals surface area contributed by atoms with Crippen molar-refractivity contribution >= 4 is 0 Å². The molecular weight excluding hydrogens is 146 g/mol. The molecule has 0 aromatic heterocycles. The Morgan fingerprint density at radius 3 is 2.50 bits per heavy atom. The minimum Gasteiger partial charge on any atom is -0.300 e. The Kier molecular flexibility index (Phi) is 3.57. The van der Waals surface area contributed by atoms with Gasteiger partial charge in [0.1, 0.15) is 0 Å². The zero-order valence-electron chi connectivity index (χ0n) is 9.01. The maximum atomic E-state index is 2.64. The molecule has 1 rings (SSSR count). The van der Waals surface area contributed by atoms with Gasteiger partial charge in [0.25, 0.3) is 0 Å². The number of rotatable bonds is 3. The number of likely N-dealkylation sites (tertiary alicyclic amines) is 1. The van der Waals surface area contributed by atoms with Crippen LogP contribution in [0.4, 0.5) is 0 Å². The van der Waals surface area contributed by atoms with Gasteiger partial charge in [0.2, 0.25) is 0 Å². The van der Waals surface area contributed by atoms with E-state index in [9.17, 15) is 0 Å². The molecule has 1 heteroatoms. The van der Waals surface area contributed by atoms with Crippen LogP contribution in [0.2, 0.25) is 0 Å². The Morgan fingerprint density at radius 2 is 2.00 bits per heavy atom. The van der Waals surface area contributed by atoms with Gasteiger partial charge in [0.05, 0.1) is 0 Å². The van der Waals surface area contributed by atoms with E-state index in [0.29, 0.717) is 0 Å². The highest BCUT2D eigenvalue weighted by Crippen LogP contribution is 2.27. The first-order valence-corrected chi connectivity index (χ1v) is 5.40. The van der Waals surface area contributed by atoms with E-state index in [1.807, 2.05) is 0 Å². The maximum absolute atomic E-state index is 2.64. The molecule has 2 atom stereocenters. The summed E-state index contributed by atoms with van der Waals surface area (Å²) in [5.41, 5.74) is 0. The molecule has 72 valence electrons. The van der Waals surface area contributed by atoms with Crippen molar-refractivity contribution in [1.82, 2.24) is 4.90 Å². The minimum atomic E-state index is 0.835. The molecule has 1 heterocycles. The Morgan fingerprint density at radius 1 is 1.33 bits per heavy atom. The molecule has 0 aromatic rings. The SMILES string of the molecule is CCN1CCCC1C(C)C(C)C. The third kappa shape index (κ3) is 2.01. The molecule has 1 aliphatic heterocycles. The molecule has 0 radical (unpaired) electrons. The number of hydrogen-bond donors (Lipinski definition) is 0. The highest BCUT2D eigenvalue weighted by molar-refractivity contribution is 4.83. The van der Waals surface area contributed by atoms with E-state index in [0.717, 1.165) is 17.9 Å². The normalized spacial score (nSPS) is 28.2. The first-order valence-electron chi connectivity index (χ1n) is 5.40. The van der Waals surface area contributed by atoms with Crippen LogP contribution in [0.3, 0.4) is 0 Å². The monoisotopic (exact) mass is 169 g/mol. The molecule has 0 aliphatic carbocycles. The topological polar surface area (TPSA) is 3.24 Å². The Hall–Kier alpha value is -0.0400. The molecule has 0 spiro atoms. The lowest BCUT2D eigenvalue weighted by molar-refractivity contribution is 0.175. The summed E-state index contributed by atoms with van der Waals surface area (Å²) in [6.45, 7) is 11.9. The summed E-state index contributed by atoms with van der Waals surface area (Å²) in [5.74, 6) is 1.70. The summed E-state index contributed by atoms with van der Waals surface area (Å²) in [7, 11) is 0. The molecule has 0 N–H and O–H groups in total. The van der Waals surface area contributed by atoms with Crippen LogP contribution >= 0.6 is 0 Å². The van der Waals surface area contributed by atoms with Gasteiger partial charge in [-0.2, -0.15) is 0 Å². The largest absolute Gasteiger partial charge is 0.300 e. The highest BCUT2D eigenvalue weighted by atomic mass is 15.2. The van der Waals surface area contributed by atoms with Crippen LogP contribution < -0.4 is 0 Å². The fourth-order valence-electron chi connectivity index (χ4n) is 2.28. The van der Waals surface area contributed by atoms with E-state index < -0.39 is 0 Å². The fraction of sp³-hybridized carbons (Fsp3) is 1.00. The second kappa shape index (κ2) is 4.27. The number of nitrogens with zero attached hydrogens (tertiary/aromatic N) is 1. The Bertz CT molecular complexity index is 131. The van der Waals surface area contributed by atoms with Crippen LogP contribution in [0.1, 0.15) is 40.5 Å². The second-order valence-electron chi connectivity index (χ2n) is 4.44. The van der Waals surface area contributed by atoms with Crippen LogP contribution in [0, 0.1) is 11.8 Å². The summed E-state index contributed by atoms with van der Waals surface area (Å²) in [6, 6.07) is 0.870. The summed E-state index contributed by atoms with van der Waals surface area (Å²) >= 11 is 0. The van der Waals surface area contributed by atoms with Gasteiger partial charge < -0.3 is 4.90 Å². The average Bonchev–Trinajstić information content (AvgIpc) is 2.49. The Labute approximate surface area is 77.1 Å². The summed E-state index contributed by atoms with van der Waals surface area (Å²) in [6.07, 6.45) is 2.84. The van der Waals surface area contributed by atoms with E-state index in [1.165, 1.54) is 25.9 Å². The van der Waals surface area contributed by atoms with Gasteiger partial charge in [-0.25, -0.2) is 0 Å². The highest BCUT2D eigenvalue weighted by Gasteiger charge is 2.29. The van der Waals surface area contributed by atoms with Crippen molar-refractivity contribution in [2.24, 2.45) is 11.8 Å². The van der Waals surface area contributed by atoms with Crippen LogP contribution in [0.5, 0.6) is 0 Å². The first-order chi connectivity index (χ1) is 5.66.